The van der Waals surface area contributed by atoms with E-state index in [1.54, 1.807) is 16.8 Å². The topological polar surface area (TPSA) is 68.0 Å². The number of hydrogen-bond donors (Lipinski definition) is 2. The third-order valence-corrected chi connectivity index (χ3v) is 3.91. The predicted octanol–water partition coefficient (Wildman–Crippen LogP) is 3.39. The van der Waals surface area contributed by atoms with E-state index in [-0.39, 0.29) is 36.8 Å². The van der Waals surface area contributed by atoms with E-state index in [2.05, 4.69) is 17.2 Å². The molecule has 21 heavy (non-hydrogen) atoms. The number of carbonyl (C=O) groups excluding carboxylic acids is 1. The molecule has 118 valence electrons. The van der Waals surface area contributed by atoms with E-state index in [0.29, 0.717) is 12.1 Å². The minimum atomic E-state index is -0.0538. The Morgan fingerprint density at radius 2 is 2.19 bits per heavy atom. The number of amides is 1. The lowest BCUT2D eigenvalue weighted by Gasteiger charge is -2.16. The molecule has 0 radical (unpaired) electrons. The smallest absolute Gasteiger partial charge is 0.251 e. The van der Waals surface area contributed by atoms with Gasteiger partial charge in [0.1, 0.15) is 0 Å². The molecule has 2 rings (SSSR count). The summed E-state index contributed by atoms with van der Waals surface area (Å²) in [6, 6.07) is 5.63. The number of hydrogen-bond acceptors (Lipinski definition) is 4. The first-order valence-electron chi connectivity index (χ1n) is 6.58. The Bertz CT molecular complexity index is 562. The summed E-state index contributed by atoms with van der Waals surface area (Å²) >= 11 is 1.54. The van der Waals surface area contributed by atoms with Gasteiger partial charge in [0.05, 0.1) is 15.7 Å². The fourth-order valence-corrected chi connectivity index (χ4v) is 2.68. The first-order chi connectivity index (χ1) is 9.24. The first-order valence-corrected chi connectivity index (χ1v) is 7.46. The highest BCUT2D eigenvalue weighted by Gasteiger charge is 2.12. The molecule has 0 saturated heterocycles. The van der Waals surface area contributed by atoms with Crippen molar-refractivity contribution >= 4 is 52.3 Å². The number of aromatic nitrogens is 1. The van der Waals surface area contributed by atoms with Gasteiger partial charge >= 0.3 is 0 Å². The van der Waals surface area contributed by atoms with Crippen molar-refractivity contribution in [1.29, 1.82) is 0 Å². The van der Waals surface area contributed by atoms with Crippen molar-refractivity contribution in [2.75, 3.05) is 6.54 Å². The zero-order valence-corrected chi connectivity index (χ0v) is 14.3. The molecule has 4 nitrogen and oxygen atoms in total. The fourth-order valence-electron chi connectivity index (χ4n) is 1.96. The number of thiazole rings is 1. The maximum absolute atomic E-state index is 12.2. The Morgan fingerprint density at radius 3 is 2.86 bits per heavy atom. The van der Waals surface area contributed by atoms with E-state index in [1.807, 2.05) is 18.2 Å². The molecule has 7 heteroatoms. The van der Waals surface area contributed by atoms with Gasteiger partial charge in [-0.25, -0.2) is 4.98 Å². The van der Waals surface area contributed by atoms with Gasteiger partial charge in [0.25, 0.3) is 5.91 Å². The summed E-state index contributed by atoms with van der Waals surface area (Å²) in [4.78, 5) is 16.4. The molecule has 1 heterocycles. The monoisotopic (exact) mass is 349 g/mol. The summed E-state index contributed by atoms with van der Waals surface area (Å²) in [5.74, 6) is -0.0538. The summed E-state index contributed by atoms with van der Waals surface area (Å²) in [5.41, 5.74) is 9.09. The average Bonchev–Trinajstić information content (AvgIpc) is 2.90. The summed E-state index contributed by atoms with van der Waals surface area (Å²) in [7, 11) is 0. The zero-order chi connectivity index (χ0) is 13.7. The number of rotatable bonds is 6. The van der Waals surface area contributed by atoms with Crippen LogP contribution in [0.5, 0.6) is 0 Å². The van der Waals surface area contributed by atoms with Crippen molar-refractivity contribution < 1.29 is 4.79 Å². The first kappa shape index (κ1) is 20.1. The molecule has 0 bridgehead atoms. The fraction of sp³-hybridized carbons (Fsp3) is 0.429. The Balaban J connectivity index is 0.00000200. The number of unbranched alkanes of at least 4 members (excludes halogenated alkanes) is 1. The van der Waals surface area contributed by atoms with Crippen LogP contribution >= 0.6 is 36.2 Å². The molecule has 0 aliphatic heterocycles. The Kier molecular flexibility index (Phi) is 9.53. The highest BCUT2D eigenvalue weighted by Crippen LogP contribution is 2.19. The molecule has 0 spiro atoms. The van der Waals surface area contributed by atoms with Crippen molar-refractivity contribution in [1.82, 2.24) is 10.3 Å². The van der Waals surface area contributed by atoms with Gasteiger partial charge in [-0.05, 0) is 24.6 Å². The third-order valence-electron chi connectivity index (χ3n) is 3.12. The summed E-state index contributed by atoms with van der Waals surface area (Å²) in [5, 5.41) is 2.99. The number of nitrogens with one attached hydrogen (secondary N) is 1. The van der Waals surface area contributed by atoms with Crippen LogP contribution in [0.15, 0.2) is 23.7 Å². The minimum absolute atomic E-state index is 0. The predicted molar refractivity (Wildman–Crippen MR) is 93.9 cm³/mol. The molecule has 0 aliphatic carbocycles. The molecule has 1 atom stereocenters. The lowest BCUT2D eigenvalue weighted by molar-refractivity contribution is 0.0936. The van der Waals surface area contributed by atoms with Crippen molar-refractivity contribution in [2.24, 2.45) is 5.73 Å². The van der Waals surface area contributed by atoms with Crippen LogP contribution in [-0.4, -0.2) is 23.5 Å². The van der Waals surface area contributed by atoms with Crippen LogP contribution in [0.4, 0.5) is 0 Å². The molecule has 1 aromatic carbocycles. The second-order valence-electron chi connectivity index (χ2n) is 4.58. The second kappa shape index (κ2) is 9.95. The number of nitrogens with zero attached hydrogens (tertiary/aromatic N) is 1. The summed E-state index contributed by atoms with van der Waals surface area (Å²) < 4.78 is 1.03. The van der Waals surface area contributed by atoms with Crippen LogP contribution in [0.1, 0.15) is 36.5 Å². The SMILES string of the molecule is CCCCC(CN)NC(=O)c1ccc2ncsc2c1.Cl.Cl. The highest BCUT2D eigenvalue weighted by molar-refractivity contribution is 7.16. The van der Waals surface area contributed by atoms with Gasteiger partial charge in [-0.2, -0.15) is 0 Å². The van der Waals surface area contributed by atoms with Gasteiger partial charge in [0.15, 0.2) is 0 Å². The normalized spacial score (nSPS) is 11.3. The zero-order valence-electron chi connectivity index (χ0n) is 11.9. The molecule has 0 fully saturated rings. The number of carbonyl (C=O) groups is 1. The maximum atomic E-state index is 12.2. The van der Waals surface area contributed by atoms with E-state index in [1.165, 1.54) is 0 Å². The van der Waals surface area contributed by atoms with E-state index >= 15 is 0 Å². The quantitative estimate of drug-likeness (QED) is 0.839. The van der Waals surface area contributed by atoms with E-state index in [4.69, 9.17) is 5.73 Å². The number of fused-ring (bicyclic) bond motifs is 1. The number of halogens is 2. The van der Waals surface area contributed by atoms with Crippen molar-refractivity contribution in [2.45, 2.75) is 32.2 Å². The standard InChI is InChI=1S/C14H19N3OS.2ClH/c1-2-3-4-11(8-15)17-14(18)10-5-6-12-13(7-10)19-9-16-12;;/h5-7,9,11H,2-4,8,15H2,1H3,(H,17,18);2*1H. The largest absolute Gasteiger partial charge is 0.348 e. The molecule has 1 amide bonds. The van der Waals surface area contributed by atoms with Crippen molar-refractivity contribution in [3.8, 4) is 0 Å². The third kappa shape index (κ3) is 5.43. The molecule has 1 unspecified atom stereocenters. The molecule has 0 aliphatic rings. The van der Waals surface area contributed by atoms with Crippen LogP contribution in [0.3, 0.4) is 0 Å². The Morgan fingerprint density at radius 1 is 1.43 bits per heavy atom. The lowest BCUT2D eigenvalue weighted by atomic mass is 10.1. The van der Waals surface area contributed by atoms with E-state index in [0.717, 1.165) is 29.5 Å². The maximum Gasteiger partial charge on any atom is 0.251 e. The van der Waals surface area contributed by atoms with Gasteiger partial charge in [-0.1, -0.05) is 19.8 Å². The highest BCUT2D eigenvalue weighted by atomic mass is 35.5. The molecule has 2 aromatic rings. The Labute approximate surface area is 141 Å². The van der Waals surface area contributed by atoms with Crippen molar-refractivity contribution in [3.05, 3.63) is 29.3 Å². The van der Waals surface area contributed by atoms with Crippen LogP contribution < -0.4 is 11.1 Å². The molecule has 3 N–H and O–H groups in total. The van der Waals surface area contributed by atoms with Crippen LogP contribution in [0.25, 0.3) is 10.2 Å². The van der Waals surface area contributed by atoms with Crippen LogP contribution in [-0.2, 0) is 0 Å². The minimum Gasteiger partial charge on any atom is -0.348 e. The number of nitrogens with two attached hydrogens (primary N) is 1. The molecule has 1 aromatic heterocycles. The average molecular weight is 350 g/mol. The van der Waals surface area contributed by atoms with Gasteiger partial charge < -0.3 is 11.1 Å². The second-order valence-corrected chi connectivity index (χ2v) is 5.47. The summed E-state index contributed by atoms with van der Waals surface area (Å²) in [6.07, 6.45) is 3.12. The van der Waals surface area contributed by atoms with Gasteiger partial charge in [0.2, 0.25) is 0 Å². The molecule has 0 saturated carbocycles. The molecular weight excluding hydrogens is 329 g/mol. The van der Waals surface area contributed by atoms with E-state index in [9.17, 15) is 4.79 Å². The Hall–Kier alpha value is -0.880. The van der Waals surface area contributed by atoms with Crippen LogP contribution in [0.2, 0.25) is 0 Å². The van der Waals surface area contributed by atoms with Gasteiger partial charge in [0, 0.05) is 18.2 Å². The molecular formula is C14H21Cl2N3OS. The number of benzene rings is 1. The summed E-state index contributed by atoms with van der Waals surface area (Å²) in [6.45, 7) is 2.61. The van der Waals surface area contributed by atoms with E-state index < -0.39 is 0 Å². The van der Waals surface area contributed by atoms with Gasteiger partial charge in [-0.15, -0.1) is 36.2 Å². The lowest BCUT2D eigenvalue weighted by Crippen LogP contribution is -2.40. The van der Waals surface area contributed by atoms with Crippen molar-refractivity contribution in [3.63, 3.8) is 0 Å². The van der Waals surface area contributed by atoms with Crippen LogP contribution in [0, 0.1) is 0 Å². The van der Waals surface area contributed by atoms with Gasteiger partial charge in [-0.3, -0.25) is 4.79 Å².